The van der Waals surface area contributed by atoms with Crippen molar-refractivity contribution in [2.75, 3.05) is 18.8 Å². The number of anilines is 1. The van der Waals surface area contributed by atoms with Gasteiger partial charge in [-0.25, -0.2) is 0 Å². The molecular weight excluding hydrogens is 240 g/mol. The molecule has 0 spiro atoms. The smallest absolute Gasteiger partial charge is 0.203 e. The number of aromatic nitrogens is 2. The van der Waals surface area contributed by atoms with Crippen LogP contribution in [0, 0.1) is 0 Å². The molecule has 1 saturated heterocycles. The second-order valence-corrected chi connectivity index (χ2v) is 6.42. The van der Waals surface area contributed by atoms with Crippen LogP contribution in [0.5, 0.6) is 0 Å². The summed E-state index contributed by atoms with van der Waals surface area (Å²) in [6, 6.07) is 0. The summed E-state index contributed by atoms with van der Waals surface area (Å²) in [4.78, 5) is 2.56. The molecule has 2 N–H and O–H groups in total. The lowest BCUT2D eigenvalue weighted by atomic mass is 10.1. The fraction of sp³-hybridized carbons (Fsp3) is 0.800. The Balaban J connectivity index is 1.94. The van der Waals surface area contributed by atoms with Gasteiger partial charge in [-0.15, -0.1) is 10.2 Å². The number of nitrogens with zero attached hydrogens (tertiary/aromatic N) is 3. The molecule has 0 bridgehead atoms. The van der Waals surface area contributed by atoms with Crippen LogP contribution in [-0.2, 0) is 0 Å². The van der Waals surface area contributed by atoms with E-state index in [9.17, 15) is 0 Å². The molecule has 16 heavy (non-hydrogen) atoms. The number of nitrogen functional groups attached to an aromatic ring is 1. The molecule has 0 aliphatic carbocycles. The first kappa shape index (κ1) is 12.1. The molecule has 0 aromatic carbocycles. The summed E-state index contributed by atoms with van der Waals surface area (Å²) in [5, 5.41) is 9.03. The molecule has 4 nitrogen and oxygen atoms in total. The standard InChI is InChI=1S/C10H18N4S2/c1-2-8(14-6-4-3-5-7-14)15-10-13-12-9(11)16-10/h8H,2-7H2,1H3,(H2,11,12). The van der Waals surface area contributed by atoms with Crippen LogP contribution in [-0.4, -0.2) is 33.6 Å². The maximum atomic E-state index is 5.59. The molecule has 6 heteroatoms. The molecule has 1 atom stereocenters. The lowest BCUT2D eigenvalue weighted by molar-refractivity contribution is 0.210. The molecule has 2 heterocycles. The highest BCUT2D eigenvalue weighted by Gasteiger charge is 2.21. The number of likely N-dealkylation sites (tertiary alicyclic amines) is 1. The number of hydrogen-bond donors (Lipinski definition) is 1. The summed E-state index contributed by atoms with van der Waals surface area (Å²) in [6.45, 7) is 4.68. The van der Waals surface area contributed by atoms with Crippen molar-refractivity contribution in [3.05, 3.63) is 0 Å². The van der Waals surface area contributed by atoms with Crippen molar-refractivity contribution < 1.29 is 0 Å². The first-order valence-electron chi connectivity index (χ1n) is 5.79. The lowest BCUT2D eigenvalue weighted by Crippen LogP contribution is -2.36. The van der Waals surface area contributed by atoms with Crippen molar-refractivity contribution >= 4 is 28.2 Å². The Hall–Kier alpha value is -0.330. The molecule has 2 rings (SSSR count). The van der Waals surface area contributed by atoms with E-state index in [-0.39, 0.29) is 0 Å². The number of thioether (sulfide) groups is 1. The molecule has 0 amide bonds. The number of piperidine rings is 1. The Labute approximate surface area is 105 Å². The summed E-state index contributed by atoms with van der Waals surface area (Å²) in [7, 11) is 0. The Kier molecular flexibility index (Phi) is 4.43. The maximum absolute atomic E-state index is 5.59. The zero-order valence-electron chi connectivity index (χ0n) is 9.56. The zero-order chi connectivity index (χ0) is 11.4. The van der Waals surface area contributed by atoms with Crippen molar-refractivity contribution in [3.8, 4) is 0 Å². The summed E-state index contributed by atoms with van der Waals surface area (Å²) in [5.74, 6) is 0. The van der Waals surface area contributed by atoms with E-state index in [0.29, 0.717) is 10.5 Å². The van der Waals surface area contributed by atoms with Crippen LogP contribution in [0.15, 0.2) is 4.34 Å². The molecule has 1 aliphatic rings. The minimum Gasteiger partial charge on any atom is -0.374 e. The SMILES string of the molecule is CCC(Sc1nnc(N)s1)N1CCCCC1. The average Bonchev–Trinajstić information content (AvgIpc) is 2.73. The molecule has 0 saturated carbocycles. The highest BCUT2D eigenvalue weighted by molar-refractivity contribution is 8.01. The highest BCUT2D eigenvalue weighted by Crippen LogP contribution is 2.32. The van der Waals surface area contributed by atoms with Crippen LogP contribution in [0.25, 0.3) is 0 Å². The molecular formula is C10H18N4S2. The van der Waals surface area contributed by atoms with E-state index in [0.717, 1.165) is 10.8 Å². The second kappa shape index (κ2) is 5.84. The number of hydrogen-bond acceptors (Lipinski definition) is 6. The lowest BCUT2D eigenvalue weighted by Gasteiger charge is -2.32. The van der Waals surface area contributed by atoms with Crippen molar-refractivity contribution in [1.29, 1.82) is 0 Å². The van der Waals surface area contributed by atoms with Gasteiger partial charge in [0, 0.05) is 0 Å². The molecule has 1 aliphatic heterocycles. The first-order valence-corrected chi connectivity index (χ1v) is 7.49. The normalized spacial score (nSPS) is 19.8. The van der Waals surface area contributed by atoms with E-state index in [1.165, 1.54) is 43.7 Å². The summed E-state index contributed by atoms with van der Waals surface area (Å²) < 4.78 is 0.995. The van der Waals surface area contributed by atoms with Gasteiger partial charge >= 0.3 is 0 Å². The van der Waals surface area contributed by atoms with E-state index in [4.69, 9.17) is 5.73 Å². The third-order valence-corrected chi connectivity index (χ3v) is 5.08. The van der Waals surface area contributed by atoms with Gasteiger partial charge in [0.25, 0.3) is 0 Å². The van der Waals surface area contributed by atoms with Gasteiger partial charge in [-0.3, -0.25) is 4.90 Å². The summed E-state index contributed by atoms with van der Waals surface area (Å²) in [5.41, 5.74) is 5.59. The van der Waals surface area contributed by atoms with Crippen LogP contribution in [0.1, 0.15) is 32.6 Å². The van der Waals surface area contributed by atoms with Crippen LogP contribution >= 0.6 is 23.1 Å². The average molecular weight is 258 g/mol. The van der Waals surface area contributed by atoms with Crippen LogP contribution in [0.4, 0.5) is 5.13 Å². The maximum Gasteiger partial charge on any atom is 0.203 e. The predicted octanol–water partition coefficient (Wildman–Crippen LogP) is 2.43. The Morgan fingerprint density at radius 3 is 2.69 bits per heavy atom. The fourth-order valence-electron chi connectivity index (χ4n) is 2.01. The minimum atomic E-state index is 0.535. The second-order valence-electron chi connectivity index (χ2n) is 3.98. The quantitative estimate of drug-likeness (QED) is 0.841. The molecule has 1 aromatic rings. The van der Waals surface area contributed by atoms with E-state index >= 15 is 0 Å². The molecule has 90 valence electrons. The van der Waals surface area contributed by atoms with Crippen LogP contribution < -0.4 is 5.73 Å². The van der Waals surface area contributed by atoms with Gasteiger partial charge in [0.05, 0.1) is 5.37 Å². The Morgan fingerprint density at radius 1 is 1.38 bits per heavy atom. The largest absolute Gasteiger partial charge is 0.374 e. The monoisotopic (exact) mass is 258 g/mol. The minimum absolute atomic E-state index is 0.535. The first-order chi connectivity index (χ1) is 7.79. The van der Waals surface area contributed by atoms with Crippen LogP contribution in [0.3, 0.4) is 0 Å². The predicted molar refractivity (Wildman–Crippen MR) is 69.7 cm³/mol. The van der Waals surface area contributed by atoms with Gasteiger partial charge in [-0.2, -0.15) is 0 Å². The summed E-state index contributed by atoms with van der Waals surface area (Å²) in [6.07, 6.45) is 5.18. The topological polar surface area (TPSA) is 55.0 Å². The van der Waals surface area contributed by atoms with Gasteiger partial charge in [0.15, 0.2) is 4.34 Å². The van der Waals surface area contributed by atoms with E-state index in [1.807, 2.05) is 0 Å². The van der Waals surface area contributed by atoms with Crippen molar-refractivity contribution in [1.82, 2.24) is 15.1 Å². The van der Waals surface area contributed by atoms with Gasteiger partial charge < -0.3 is 5.73 Å². The highest BCUT2D eigenvalue weighted by atomic mass is 32.2. The summed E-state index contributed by atoms with van der Waals surface area (Å²) >= 11 is 3.29. The van der Waals surface area contributed by atoms with Crippen molar-refractivity contribution in [2.45, 2.75) is 42.3 Å². The van der Waals surface area contributed by atoms with Gasteiger partial charge in [0.1, 0.15) is 0 Å². The number of nitrogens with two attached hydrogens (primary N) is 1. The molecule has 0 radical (unpaired) electrons. The van der Waals surface area contributed by atoms with Crippen molar-refractivity contribution in [2.24, 2.45) is 0 Å². The Morgan fingerprint density at radius 2 is 2.12 bits per heavy atom. The third kappa shape index (κ3) is 3.09. The van der Waals surface area contributed by atoms with E-state index in [2.05, 4.69) is 22.0 Å². The van der Waals surface area contributed by atoms with E-state index in [1.54, 1.807) is 11.8 Å². The van der Waals surface area contributed by atoms with E-state index < -0.39 is 0 Å². The number of rotatable bonds is 4. The van der Waals surface area contributed by atoms with Crippen molar-refractivity contribution in [3.63, 3.8) is 0 Å². The van der Waals surface area contributed by atoms with Crippen LogP contribution in [0.2, 0.25) is 0 Å². The molecule has 1 unspecified atom stereocenters. The third-order valence-electron chi connectivity index (χ3n) is 2.81. The van der Waals surface area contributed by atoms with Gasteiger partial charge in [0.2, 0.25) is 5.13 Å². The zero-order valence-corrected chi connectivity index (χ0v) is 11.2. The van der Waals surface area contributed by atoms with Gasteiger partial charge in [-0.05, 0) is 32.4 Å². The fourth-order valence-corrected chi connectivity index (χ4v) is 3.98. The molecule has 1 fully saturated rings. The Bertz CT molecular complexity index is 322. The molecule has 1 aromatic heterocycles. The van der Waals surface area contributed by atoms with Gasteiger partial charge in [-0.1, -0.05) is 36.4 Å².